The van der Waals surface area contributed by atoms with E-state index in [1.807, 2.05) is 43.0 Å². The molecule has 3 aromatic rings. The van der Waals surface area contributed by atoms with Crippen LogP contribution >= 0.6 is 11.6 Å². The van der Waals surface area contributed by atoms with Gasteiger partial charge in [-0.05, 0) is 37.2 Å². The molecule has 108 valence electrons. The highest BCUT2D eigenvalue weighted by molar-refractivity contribution is 6.30. The van der Waals surface area contributed by atoms with Crippen LogP contribution in [0.2, 0.25) is 5.02 Å². The standard InChI is InChI=1S/C17H18ClN3/c1-19-15(11-12-6-5-7-13(18)10-12)17-14-8-3-4-9-16(14)21(2)20-17/h3-10,15,19H,11H2,1-2H3. The maximum absolute atomic E-state index is 6.08. The fourth-order valence-electron chi connectivity index (χ4n) is 2.73. The van der Waals surface area contributed by atoms with Crippen LogP contribution in [0.1, 0.15) is 17.3 Å². The van der Waals surface area contributed by atoms with Crippen molar-refractivity contribution in [1.82, 2.24) is 15.1 Å². The number of halogens is 1. The Labute approximate surface area is 129 Å². The zero-order chi connectivity index (χ0) is 14.8. The van der Waals surface area contributed by atoms with E-state index in [4.69, 9.17) is 16.7 Å². The van der Waals surface area contributed by atoms with Gasteiger partial charge in [0.1, 0.15) is 0 Å². The molecule has 3 rings (SSSR count). The van der Waals surface area contributed by atoms with E-state index >= 15 is 0 Å². The Kier molecular flexibility index (Phi) is 3.95. The summed E-state index contributed by atoms with van der Waals surface area (Å²) >= 11 is 6.08. The Morgan fingerprint density at radius 2 is 2.00 bits per heavy atom. The van der Waals surface area contributed by atoms with Crippen molar-refractivity contribution in [3.63, 3.8) is 0 Å². The topological polar surface area (TPSA) is 29.9 Å². The average Bonchev–Trinajstić information content (AvgIpc) is 2.83. The van der Waals surface area contributed by atoms with Crippen molar-refractivity contribution >= 4 is 22.5 Å². The Balaban J connectivity index is 1.99. The van der Waals surface area contributed by atoms with E-state index in [2.05, 4.69) is 29.6 Å². The highest BCUT2D eigenvalue weighted by Crippen LogP contribution is 2.26. The molecule has 4 heteroatoms. The molecule has 0 radical (unpaired) electrons. The molecular formula is C17H18ClN3. The van der Waals surface area contributed by atoms with Crippen molar-refractivity contribution in [2.45, 2.75) is 12.5 Å². The predicted octanol–water partition coefficient (Wildman–Crippen LogP) is 3.73. The summed E-state index contributed by atoms with van der Waals surface area (Å²) in [6.07, 6.45) is 0.859. The van der Waals surface area contributed by atoms with E-state index in [-0.39, 0.29) is 6.04 Å². The van der Waals surface area contributed by atoms with Crippen molar-refractivity contribution in [1.29, 1.82) is 0 Å². The lowest BCUT2D eigenvalue weighted by atomic mass is 10.0. The van der Waals surface area contributed by atoms with Gasteiger partial charge in [-0.15, -0.1) is 0 Å². The molecule has 1 heterocycles. The summed E-state index contributed by atoms with van der Waals surface area (Å²) in [7, 11) is 3.95. The second-order valence-corrected chi connectivity index (χ2v) is 5.64. The molecule has 0 aliphatic rings. The molecule has 3 nitrogen and oxygen atoms in total. The number of benzene rings is 2. The van der Waals surface area contributed by atoms with Gasteiger partial charge in [0.15, 0.2) is 0 Å². The second kappa shape index (κ2) is 5.88. The maximum atomic E-state index is 6.08. The van der Waals surface area contributed by atoms with Crippen molar-refractivity contribution in [2.24, 2.45) is 7.05 Å². The summed E-state index contributed by atoms with van der Waals surface area (Å²) in [6.45, 7) is 0. The highest BCUT2D eigenvalue weighted by atomic mass is 35.5. The van der Waals surface area contributed by atoms with E-state index in [0.717, 1.165) is 22.7 Å². The van der Waals surface area contributed by atoms with Gasteiger partial charge >= 0.3 is 0 Å². The Morgan fingerprint density at radius 1 is 1.19 bits per heavy atom. The monoisotopic (exact) mass is 299 g/mol. The normalized spacial score (nSPS) is 12.7. The number of likely N-dealkylation sites (N-methyl/N-ethyl adjacent to an activating group) is 1. The summed E-state index contributed by atoms with van der Waals surface area (Å²) in [6, 6.07) is 16.5. The summed E-state index contributed by atoms with van der Waals surface area (Å²) < 4.78 is 1.94. The first-order valence-electron chi connectivity index (χ1n) is 7.02. The Bertz CT molecular complexity index is 764. The number of fused-ring (bicyclic) bond motifs is 1. The fourth-order valence-corrected chi connectivity index (χ4v) is 2.95. The Morgan fingerprint density at radius 3 is 2.76 bits per heavy atom. The molecule has 0 saturated carbocycles. The van der Waals surface area contributed by atoms with Gasteiger partial charge < -0.3 is 5.32 Å². The third kappa shape index (κ3) is 2.80. The predicted molar refractivity (Wildman–Crippen MR) is 87.7 cm³/mol. The minimum absolute atomic E-state index is 0.162. The molecule has 0 aliphatic carbocycles. The van der Waals surface area contributed by atoms with Crippen LogP contribution in [0.5, 0.6) is 0 Å². The first-order chi connectivity index (χ1) is 10.2. The lowest BCUT2D eigenvalue weighted by Crippen LogP contribution is -2.19. The van der Waals surface area contributed by atoms with Crippen LogP contribution in [0.4, 0.5) is 0 Å². The van der Waals surface area contributed by atoms with Crippen molar-refractivity contribution < 1.29 is 0 Å². The van der Waals surface area contributed by atoms with Crippen LogP contribution in [-0.4, -0.2) is 16.8 Å². The largest absolute Gasteiger partial charge is 0.311 e. The van der Waals surface area contributed by atoms with E-state index in [0.29, 0.717) is 0 Å². The number of nitrogens with zero attached hydrogens (tertiary/aromatic N) is 2. The third-order valence-corrected chi connectivity index (χ3v) is 4.03. The minimum Gasteiger partial charge on any atom is -0.311 e. The zero-order valence-corrected chi connectivity index (χ0v) is 12.9. The van der Waals surface area contributed by atoms with E-state index < -0.39 is 0 Å². The van der Waals surface area contributed by atoms with Gasteiger partial charge in [0.2, 0.25) is 0 Å². The van der Waals surface area contributed by atoms with Gasteiger partial charge in [0, 0.05) is 17.5 Å². The van der Waals surface area contributed by atoms with Gasteiger partial charge in [-0.25, -0.2) is 0 Å². The molecular weight excluding hydrogens is 282 g/mol. The van der Waals surface area contributed by atoms with Gasteiger partial charge in [-0.2, -0.15) is 5.10 Å². The molecule has 1 N–H and O–H groups in total. The highest BCUT2D eigenvalue weighted by Gasteiger charge is 2.17. The average molecular weight is 300 g/mol. The zero-order valence-electron chi connectivity index (χ0n) is 12.2. The SMILES string of the molecule is CNC(Cc1cccc(Cl)c1)c1nn(C)c2ccccc12. The third-order valence-electron chi connectivity index (χ3n) is 3.79. The summed E-state index contributed by atoms with van der Waals surface area (Å²) in [5, 5.41) is 10.0. The van der Waals surface area contributed by atoms with Crippen LogP contribution in [0.3, 0.4) is 0 Å². The molecule has 0 spiro atoms. The molecule has 0 fully saturated rings. The number of aromatic nitrogens is 2. The second-order valence-electron chi connectivity index (χ2n) is 5.20. The molecule has 1 unspecified atom stereocenters. The molecule has 0 amide bonds. The van der Waals surface area contributed by atoms with E-state index in [1.54, 1.807) is 0 Å². The molecule has 21 heavy (non-hydrogen) atoms. The Hall–Kier alpha value is -1.84. The molecule has 1 atom stereocenters. The van der Waals surface area contributed by atoms with Crippen LogP contribution in [0.15, 0.2) is 48.5 Å². The lowest BCUT2D eigenvalue weighted by molar-refractivity contribution is 0.567. The summed E-state index contributed by atoms with van der Waals surface area (Å²) in [5.41, 5.74) is 3.44. The van der Waals surface area contributed by atoms with Crippen molar-refractivity contribution in [2.75, 3.05) is 7.05 Å². The van der Waals surface area contributed by atoms with Crippen LogP contribution in [0, 0.1) is 0 Å². The smallest absolute Gasteiger partial charge is 0.0875 e. The molecule has 0 saturated heterocycles. The summed E-state index contributed by atoms with van der Waals surface area (Å²) in [5.74, 6) is 0. The fraction of sp³-hybridized carbons (Fsp3) is 0.235. The first-order valence-corrected chi connectivity index (χ1v) is 7.40. The molecule has 0 bridgehead atoms. The van der Waals surface area contributed by atoms with Crippen molar-refractivity contribution in [3.8, 4) is 0 Å². The first kappa shape index (κ1) is 14.1. The van der Waals surface area contributed by atoms with Crippen LogP contribution in [-0.2, 0) is 13.5 Å². The molecule has 0 aliphatic heterocycles. The summed E-state index contributed by atoms with van der Waals surface area (Å²) in [4.78, 5) is 0. The molecule has 2 aromatic carbocycles. The number of aryl methyl sites for hydroxylation is 1. The van der Waals surface area contributed by atoms with Gasteiger partial charge in [0.25, 0.3) is 0 Å². The van der Waals surface area contributed by atoms with Gasteiger partial charge in [-0.3, -0.25) is 4.68 Å². The van der Waals surface area contributed by atoms with E-state index in [9.17, 15) is 0 Å². The lowest BCUT2D eigenvalue weighted by Gasteiger charge is -2.14. The van der Waals surface area contributed by atoms with Gasteiger partial charge in [-0.1, -0.05) is 41.9 Å². The number of para-hydroxylation sites is 1. The van der Waals surface area contributed by atoms with Gasteiger partial charge in [0.05, 0.1) is 17.3 Å². The van der Waals surface area contributed by atoms with Crippen LogP contribution in [0.25, 0.3) is 10.9 Å². The maximum Gasteiger partial charge on any atom is 0.0875 e. The number of hydrogen-bond donors (Lipinski definition) is 1. The number of hydrogen-bond acceptors (Lipinski definition) is 2. The molecule has 1 aromatic heterocycles. The quantitative estimate of drug-likeness (QED) is 0.795. The van der Waals surface area contributed by atoms with Crippen LogP contribution < -0.4 is 5.32 Å². The van der Waals surface area contributed by atoms with E-state index in [1.165, 1.54) is 10.9 Å². The van der Waals surface area contributed by atoms with Crippen molar-refractivity contribution in [3.05, 3.63) is 64.8 Å². The number of rotatable bonds is 4. The number of nitrogens with one attached hydrogen (secondary N) is 1. The minimum atomic E-state index is 0.162.